The Bertz CT molecular complexity index is 222. The zero-order valence-corrected chi connectivity index (χ0v) is 13.1. The molecule has 2 aliphatic heterocycles. The van der Waals surface area contributed by atoms with E-state index >= 15 is 0 Å². The maximum absolute atomic E-state index is 8.08. The molecule has 0 radical (unpaired) electrons. The van der Waals surface area contributed by atoms with Crippen molar-refractivity contribution in [2.45, 2.75) is 78.2 Å². The van der Waals surface area contributed by atoms with Gasteiger partial charge in [-0.25, -0.2) is 0 Å². The van der Waals surface area contributed by atoms with Crippen LogP contribution in [-0.4, -0.2) is 47.2 Å². The summed E-state index contributed by atoms with van der Waals surface area (Å²) in [6.07, 6.45) is 2.70. The monoisotopic (exact) mass is 278 g/mol. The van der Waals surface area contributed by atoms with Gasteiger partial charge >= 0.3 is 0 Å². The van der Waals surface area contributed by atoms with Crippen LogP contribution in [0.1, 0.15) is 54.4 Å². The number of rotatable bonds is 1. The summed E-state index contributed by atoms with van der Waals surface area (Å²) in [6, 6.07) is 0. The normalized spacial score (nSPS) is 29.1. The average molecular weight is 278 g/mol. The molecule has 0 spiro atoms. The zero-order chi connectivity index (χ0) is 15.1. The van der Waals surface area contributed by atoms with Crippen LogP contribution >= 0.6 is 0 Å². The lowest BCUT2D eigenvalue weighted by atomic mass is 10.1. The topological polar surface area (TPSA) is 68.2 Å². The fraction of sp³-hybridized carbons (Fsp3) is 1.00. The maximum atomic E-state index is 8.08. The van der Waals surface area contributed by atoms with Crippen LogP contribution in [-0.2, 0) is 14.2 Å². The average Bonchev–Trinajstić information content (AvgIpc) is 2.87. The summed E-state index contributed by atoms with van der Waals surface area (Å²) in [6.45, 7) is 12.0. The van der Waals surface area contributed by atoms with Crippen molar-refractivity contribution in [1.82, 2.24) is 0 Å². The molecule has 0 saturated carbocycles. The lowest BCUT2D eigenvalue weighted by Crippen LogP contribution is -2.30. The Labute approximate surface area is 116 Å². The van der Waals surface area contributed by atoms with Crippen molar-refractivity contribution in [1.29, 1.82) is 0 Å². The lowest BCUT2D eigenvalue weighted by Gasteiger charge is -2.20. The molecule has 116 valence electrons. The van der Waals surface area contributed by atoms with E-state index in [1.54, 1.807) is 0 Å². The summed E-state index contributed by atoms with van der Waals surface area (Å²) in [4.78, 5) is 0. The molecule has 0 aromatic rings. The molecule has 0 bridgehead atoms. The van der Waals surface area contributed by atoms with Crippen LogP contribution in [0.15, 0.2) is 0 Å². The highest BCUT2D eigenvalue weighted by Gasteiger charge is 2.38. The summed E-state index contributed by atoms with van der Waals surface area (Å²) >= 11 is 0. The van der Waals surface area contributed by atoms with Gasteiger partial charge in [0.25, 0.3) is 0 Å². The number of hydrogen-bond acceptors (Lipinski definition) is 5. The van der Waals surface area contributed by atoms with Crippen LogP contribution in [0.4, 0.5) is 0 Å². The third-order valence-corrected chi connectivity index (χ3v) is 2.41. The van der Waals surface area contributed by atoms with Crippen molar-refractivity contribution < 1.29 is 24.4 Å². The molecule has 2 heterocycles. The van der Waals surface area contributed by atoms with Crippen molar-refractivity contribution >= 4 is 0 Å². The van der Waals surface area contributed by atoms with Gasteiger partial charge in [0.05, 0.1) is 12.7 Å². The van der Waals surface area contributed by atoms with E-state index in [9.17, 15) is 0 Å². The first-order chi connectivity index (χ1) is 8.67. The third-order valence-electron chi connectivity index (χ3n) is 2.41. The molecule has 1 unspecified atom stereocenters. The first-order valence-corrected chi connectivity index (χ1v) is 7.05. The Morgan fingerprint density at radius 3 is 1.95 bits per heavy atom. The zero-order valence-electron chi connectivity index (χ0n) is 13.1. The van der Waals surface area contributed by atoms with Gasteiger partial charge < -0.3 is 24.4 Å². The van der Waals surface area contributed by atoms with E-state index in [1.165, 1.54) is 13.8 Å². The minimum absolute atomic E-state index is 0.155. The van der Waals surface area contributed by atoms with Gasteiger partial charge in [-0.2, -0.15) is 0 Å². The van der Waals surface area contributed by atoms with Crippen molar-refractivity contribution in [3.8, 4) is 0 Å². The molecular formula is C14H30O5. The molecule has 0 amide bonds. The summed E-state index contributed by atoms with van der Waals surface area (Å²) in [5, 5.41) is 16.2. The molecule has 2 aliphatic rings. The summed E-state index contributed by atoms with van der Waals surface area (Å²) in [5.41, 5.74) is 0. The molecule has 0 aromatic heterocycles. The minimum atomic E-state index is -1.50. The lowest BCUT2D eigenvalue weighted by molar-refractivity contribution is -0.151. The number of ether oxygens (including phenoxy) is 3. The molecule has 2 atom stereocenters. The summed E-state index contributed by atoms with van der Waals surface area (Å²) < 4.78 is 16.7. The van der Waals surface area contributed by atoms with Gasteiger partial charge in [-0.15, -0.1) is 0 Å². The van der Waals surface area contributed by atoms with Crippen LogP contribution in [0.5, 0.6) is 0 Å². The molecule has 19 heavy (non-hydrogen) atoms. The predicted molar refractivity (Wildman–Crippen MR) is 73.7 cm³/mol. The Morgan fingerprint density at radius 2 is 1.63 bits per heavy atom. The predicted octanol–water partition coefficient (Wildman–Crippen LogP) is 2.05. The number of aliphatic hydroxyl groups is 2. The molecular weight excluding hydrogens is 248 g/mol. The summed E-state index contributed by atoms with van der Waals surface area (Å²) in [7, 11) is 0. The quantitative estimate of drug-likeness (QED) is 0.719. The second-order valence-electron chi connectivity index (χ2n) is 5.41. The second kappa shape index (κ2) is 8.17. The minimum Gasteiger partial charge on any atom is -0.375 e. The highest BCUT2D eigenvalue weighted by Crippen LogP contribution is 2.28. The van der Waals surface area contributed by atoms with Crippen molar-refractivity contribution in [3.63, 3.8) is 0 Å². The standard InChI is InChI=1S/C9H16O3.C3H8O2.C2H6/c1-9(2)11-6-8(12-9)7-4-3-5-10-7;1-3(2,4)5;1-2/h7-8H,3-6H2,1-2H3;4-5H,1-2H3;1-2H3/t7-,8?;;/m0../s1. The van der Waals surface area contributed by atoms with Crippen LogP contribution in [0, 0.1) is 0 Å². The first-order valence-electron chi connectivity index (χ1n) is 7.05. The Balaban J connectivity index is 0.000000396. The largest absolute Gasteiger partial charge is 0.375 e. The highest BCUT2D eigenvalue weighted by molar-refractivity contribution is 4.81. The molecule has 2 saturated heterocycles. The van der Waals surface area contributed by atoms with Crippen LogP contribution in [0.2, 0.25) is 0 Å². The maximum Gasteiger partial charge on any atom is 0.163 e. The Kier molecular flexibility index (Phi) is 8.08. The fourth-order valence-corrected chi connectivity index (χ4v) is 1.79. The van der Waals surface area contributed by atoms with E-state index < -0.39 is 11.6 Å². The molecule has 2 fully saturated rings. The fourth-order valence-electron chi connectivity index (χ4n) is 1.79. The van der Waals surface area contributed by atoms with E-state index in [4.69, 9.17) is 24.4 Å². The molecule has 0 aromatic carbocycles. The van der Waals surface area contributed by atoms with Gasteiger partial charge in [0.15, 0.2) is 11.6 Å². The van der Waals surface area contributed by atoms with Gasteiger partial charge in [-0.1, -0.05) is 13.8 Å². The molecule has 2 rings (SSSR count). The smallest absolute Gasteiger partial charge is 0.163 e. The first kappa shape index (κ1) is 18.8. The highest BCUT2D eigenvalue weighted by atomic mass is 16.7. The third kappa shape index (κ3) is 9.35. The SMILES string of the molecule is CC.CC(C)(O)O.CC1(C)OCC([C@@H]2CCCO2)O1. The molecule has 5 heteroatoms. The van der Waals surface area contributed by atoms with Gasteiger partial charge in [0.2, 0.25) is 0 Å². The Morgan fingerprint density at radius 1 is 1.11 bits per heavy atom. The van der Waals surface area contributed by atoms with Gasteiger partial charge in [-0.3, -0.25) is 0 Å². The van der Waals surface area contributed by atoms with Gasteiger partial charge in [0, 0.05) is 6.61 Å². The van der Waals surface area contributed by atoms with Crippen LogP contribution in [0.3, 0.4) is 0 Å². The van der Waals surface area contributed by atoms with E-state index in [0.29, 0.717) is 6.61 Å². The van der Waals surface area contributed by atoms with Crippen molar-refractivity contribution in [2.24, 2.45) is 0 Å². The molecule has 2 N–H and O–H groups in total. The van der Waals surface area contributed by atoms with Crippen LogP contribution < -0.4 is 0 Å². The number of hydrogen-bond donors (Lipinski definition) is 2. The van der Waals surface area contributed by atoms with E-state index in [0.717, 1.165) is 19.4 Å². The Hall–Kier alpha value is -0.200. The van der Waals surface area contributed by atoms with Gasteiger partial charge in [0.1, 0.15) is 6.10 Å². The van der Waals surface area contributed by atoms with E-state index in [1.807, 2.05) is 27.7 Å². The second-order valence-corrected chi connectivity index (χ2v) is 5.41. The summed E-state index contributed by atoms with van der Waals surface area (Å²) in [5.74, 6) is -1.91. The van der Waals surface area contributed by atoms with Crippen LogP contribution in [0.25, 0.3) is 0 Å². The molecule has 5 nitrogen and oxygen atoms in total. The van der Waals surface area contributed by atoms with Crippen molar-refractivity contribution in [2.75, 3.05) is 13.2 Å². The van der Waals surface area contributed by atoms with Gasteiger partial charge in [-0.05, 0) is 40.5 Å². The molecule has 0 aliphatic carbocycles. The van der Waals surface area contributed by atoms with E-state index in [-0.39, 0.29) is 12.2 Å². The van der Waals surface area contributed by atoms with Crippen molar-refractivity contribution in [3.05, 3.63) is 0 Å². The van der Waals surface area contributed by atoms with E-state index in [2.05, 4.69) is 0 Å².